The molecule has 3 nitrogen and oxygen atoms in total. The largest absolute Gasteiger partial charge is 0 e. The molecule has 0 saturated heterocycles. The van der Waals surface area contributed by atoms with E-state index < -0.39 is 6.16 Å². The van der Waals surface area contributed by atoms with Crippen LogP contribution in [0.5, 0.6) is 0 Å². The Hall–Kier alpha value is 2.70. The van der Waals surface area contributed by atoms with E-state index in [1.165, 1.54) is 0 Å². The zero-order valence-corrected chi connectivity index (χ0v) is 9.65. The Morgan fingerprint density at radius 2 is 1.22 bits per heavy atom. The Morgan fingerprint density at radius 1 is 1.22 bits per heavy atom. The number of carbonyl (C=O) groups is 1. The summed E-state index contributed by atoms with van der Waals surface area (Å²) in [6.07, 6.45) is -1.83. The van der Waals surface area contributed by atoms with Crippen molar-refractivity contribution in [2.45, 2.75) is 0 Å². The van der Waals surface area contributed by atoms with Gasteiger partial charge < -0.3 is 10.2 Å². The Morgan fingerprint density at radius 3 is 1.22 bits per heavy atom. The van der Waals surface area contributed by atoms with Crippen molar-refractivity contribution in [1.82, 2.24) is 0 Å². The molecule has 0 aliphatic carbocycles. The third-order valence-corrected chi connectivity index (χ3v) is 0. The van der Waals surface area contributed by atoms with Crippen molar-refractivity contribution in [2.24, 2.45) is 0 Å². The summed E-state index contributed by atoms with van der Waals surface area (Å²) in [4.78, 5) is 8.56. The van der Waals surface area contributed by atoms with Crippen molar-refractivity contribution < 1.29 is 85.4 Å². The van der Waals surface area contributed by atoms with Gasteiger partial charge in [0.15, 0.2) is 0 Å². The van der Waals surface area contributed by atoms with Crippen LogP contribution in [0.15, 0.2) is 0 Å². The van der Waals surface area contributed by atoms with Gasteiger partial charge in [0.05, 0.1) is 0 Å². The summed E-state index contributed by atoms with van der Waals surface area (Å²) in [5.74, 6) is 0. The van der Waals surface area contributed by atoms with Crippen LogP contribution in [0.25, 0.3) is 0 Å². The fourth-order valence-corrected chi connectivity index (χ4v) is 0. The normalized spacial score (nSPS) is 2.67. The van der Waals surface area contributed by atoms with Gasteiger partial charge in [-0.2, -0.15) is 0 Å². The molecule has 0 rings (SSSR count). The Bertz CT molecular complexity index is 46.8. The van der Waals surface area contributed by atoms with Crippen LogP contribution in [-0.4, -0.2) is 54.1 Å². The van der Waals surface area contributed by atoms with Gasteiger partial charge in [-0.05, 0) is 0 Å². The quantitative estimate of drug-likeness (QED) is 0.570. The van der Waals surface area contributed by atoms with Crippen molar-refractivity contribution in [1.29, 1.82) is 0 Å². The molecule has 9 heavy (non-hydrogen) atoms. The van der Waals surface area contributed by atoms with Crippen LogP contribution in [0.2, 0.25) is 0 Å². The first-order valence-corrected chi connectivity index (χ1v) is 0.651. The maximum absolute atomic E-state index is 8.56. The smallest absolute Gasteiger partial charge is 0 e. The molecule has 8 heteroatoms. The van der Waals surface area contributed by atoms with Crippen LogP contribution in [0.4, 0.5) is 4.79 Å². The molecular formula is CH4CaCoCuMnO3Zn. The average molecular weight is 347 g/mol. The maximum atomic E-state index is 8.56. The van der Waals surface area contributed by atoms with Crippen LogP contribution >= 0.6 is 0 Å². The maximum Gasteiger partial charge on any atom is 0 e. The molecule has 0 heterocycles. The van der Waals surface area contributed by atoms with Gasteiger partial charge in [-0.25, -0.2) is 4.79 Å². The second-order valence-electron chi connectivity index (χ2n) is 0.283. The Labute approximate surface area is 127 Å². The SMILES string of the molecule is O=C(O)O.[CaH2].[Co].[Cu].[Mn].[Zn]. The molecule has 0 spiro atoms. The summed E-state index contributed by atoms with van der Waals surface area (Å²) in [5.41, 5.74) is 0. The number of carboxylic acid groups (broad SMARTS) is 2. The van der Waals surface area contributed by atoms with Crippen LogP contribution in [0.3, 0.4) is 0 Å². The second kappa shape index (κ2) is 31.0. The minimum Gasteiger partial charge on any atom is 0 e. The third kappa shape index (κ3) is 111. The minimum absolute atomic E-state index is 0. The molecule has 0 atom stereocenters. The molecule has 0 bridgehead atoms. The first-order chi connectivity index (χ1) is 1.73. The monoisotopic (exact) mass is 345 g/mol. The van der Waals surface area contributed by atoms with Crippen LogP contribution in [0, 0.1) is 0 Å². The fraction of sp³-hybridized carbons (Fsp3) is 0. The molecule has 3 radical (unpaired) electrons. The zero-order valence-electron chi connectivity index (χ0n) is 3.52. The first-order valence-electron chi connectivity index (χ1n) is 0.651. The van der Waals surface area contributed by atoms with E-state index >= 15 is 0 Å². The average Bonchev–Trinajstić information content (AvgIpc) is 0.811. The second-order valence-corrected chi connectivity index (χ2v) is 0.283. The van der Waals surface area contributed by atoms with E-state index in [1.54, 1.807) is 0 Å². The van der Waals surface area contributed by atoms with Crippen LogP contribution < -0.4 is 0 Å². The first kappa shape index (κ1) is 41.2. The molecule has 57 valence electrons. The standard InChI is InChI=1S/CH2O3.Ca.Co.Cu.Mn.Zn.2H/c2-1(3)4;;;;;;;/h(H2,2,3,4);;;;;;;. The zero-order chi connectivity index (χ0) is 3.58. The third-order valence-electron chi connectivity index (χ3n) is 0. The summed E-state index contributed by atoms with van der Waals surface area (Å²) >= 11 is 0. The van der Waals surface area contributed by atoms with Gasteiger partial charge in [0, 0.05) is 70.4 Å². The van der Waals surface area contributed by atoms with Gasteiger partial charge in [-0.15, -0.1) is 0 Å². The van der Waals surface area contributed by atoms with Crippen molar-refractivity contribution in [2.75, 3.05) is 0 Å². The number of hydrogen-bond acceptors (Lipinski definition) is 1. The Balaban J connectivity index is -0.00000000450. The van der Waals surface area contributed by atoms with E-state index in [-0.39, 0.29) is 108 Å². The summed E-state index contributed by atoms with van der Waals surface area (Å²) in [7, 11) is 0. The van der Waals surface area contributed by atoms with Gasteiger partial charge in [-0.1, -0.05) is 0 Å². The van der Waals surface area contributed by atoms with Crippen LogP contribution in [0.1, 0.15) is 0 Å². The van der Waals surface area contributed by atoms with Crippen LogP contribution in [-0.2, 0) is 70.4 Å². The van der Waals surface area contributed by atoms with E-state index in [0.29, 0.717) is 0 Å². The predicted octanol–water partition coefficient (Wildman–Crippen LogP) is -0.704. The van der Waals surface area contributed by atoms with Crippen molar-refractivity contribution in [3.8, 4) is 0 Å². The predicted molar refractivity (Wildman–Crippen MR) is 19.2 cm³/mol. The van der Waals surface area contributed by atoms with E-state index in [1.807, 2.05) is 0 Å². The molecule has 0 aliphatic rings. The van der Waals surface area contributed by atoms with Gasteiger partial charge in [0.25, 0.3) is 0 Å². The summed E-state index contributed by atoms with van der Waals surface area (Å²) in [5, 5.41) is 13.9. The van der Waals surface area contributed by atoms with E-state index in [4.69, 9.17) is 15.0 Å². The van der Waals surface area contributed by atoms with E-state index in [9.17, 15) is 0 Å². The fourth-order valence-electron chi connectivity index (χ4n) is 0. The molecule has 0 aromatic rings. The van der Waals surface area contributed by atoms with Gasteiger partial charge in [0.1, 0.15) is 0 Å². The molecule has 0 fully saturated rings. The summed E-state index contributed by atoms with van der Waals surface area (Å²) < 4.78 is 0. The van der Waals surface area contributed by atoms with Crippen molar-refractivity contribution in [3.05, 3.63) is 0 Å². The van der Waals surface area contributed by atoms with Gasteiger partial charge in [0.2, 0.25) is 0 Å². The van der Waals surface area contributed by atoms with Crippen molar-refractivity contribution >= 4 is 43.9 Å². The summed E-state index contributed by atoms with van der Waals surface area (Å²) in [6.45, 7) is 0. The molecule has 0 aliphatic heterocycles. The molecule has 0 aromatic heterocycles. The minimum atomic E-state index is -1.83. The molecular weight excluding hydrogens is 343 g/mol. The molecule has 0 saturated carbocycles. The van der Waals surface area contributed by atoms with E-state index in [0.717, 1.165) is 0 Å². The summed E-state index contributed by atoms with van der Waals surface area (Å²) in [6, 6.07) is 0. The van der Waals surface area contributed by atoms with Gasteiger partial charge >= 0.3 is 43.9 Å². The molecule has 0 amide bonds. The number of hydrogen-bond donors (Lipinski definition) is 2. The van der Waals surface area contributed by atoms with Gasteiger partial charge in [-0.3, -0.25) is 0 Å². The topological polar surface area (TPSA) is 57.5 Å². The van der Waals surface area contributed by atoms with Crippen molar-refractivity contribution in [3.63, 3.8) is 0 Å². The Kier molecular flexibility index (Phi) is 142. The van der Waals surface area contributed by atoms with E-state index in [2.05, 4.69) is 0 Å². The molecule has 2 N–H and O–H groups in total. The molecule has 0 unspecified atom stereocenters. The molecule has 0 aromatic carbocycles. The number of rotatable bonds is 0.